The molecule has 2 rings (SSSR count). The Morgan fingerprint density at radius 3 is 2.44 bits per heavy atom. The molecular weight excluding hydrogens is 266 g/mol. The third kappa shape index (κ3) is 2.97. The number of nitrogens with one attached hydrogen (secondary N) is 1. The molecule has 0 aliphatic heterocycles. The van der Waals surface area contributed by atoms with Crippen molar-refractivity contribution in [1.82, 2.24) is 4.57 Å². The van der Waals surface area contributed by atoms with Gasteiger partial charge in [-0.2, -0.15) is 0 Å². The molecule has 0 fully saturated rings. The molecule has 1 aromatic heterocycles. The van der Waals surface area contributed by atoms with Crippen LogP contribution in [0.3, 0.4) is 0 Å². The maximum atomic E-state index is 7.46. The Morgan fingerprint density at radius 1 is 1.12 bits per heavy atom. The summed E-state index contributed by atoms with van der Waals surface area (Å²) in [5, 5.41) is 7.83. The summed E-state index contributed by atoms with van der Waals surface area (Å²) in [5.41, 5.74) is 7.40. The number of hydrogen-bond donors (Lipinski definition) is 2. The Balaban J connectivity index is 0.00000128. The van der Waals surface area contributed by atoms with Gasteiger partial charge in [0.15, 0.2) is 0 Å². The number of nitrogens with two attached hydrogens (primary N) is 1. The molecule has 1 heterocycles. The Kier molecular flexibility index (Phi) is 4.31. The van der Waals surface area contributed by atoms with E-state index < -0.39 is 0 Å². The molecule has 84 valence electrons. The number of aromatic nitrogens is 1. The van der Waals surface area contributed by atoms with Crippen molar-refractivity contribution in [3.8, 4) is 0 Å². The lowest BCUT2D eigenvalue weighted by Gasteiger charge is -2.07. The van der Waals surface area contributed by atoms with Gasteiger partial charge >= 0.3 is 0 Å². The number of halogens is 1. The number of nitrogen functional groups attached to an aromatic ring is 1. The molecule has 3 N–H and O–H groups in total. The highest BCUT2D eigenvalue weighted by atomic mass is 79.9. The van der Waals surface area contributed by atoms with Gasteiger partial charge in [0.2, 0.25) is 0 Å². The Morgan fingerprint density at radius 2 is 1.81 bits per heavy atom. The van der Waals surface area contributed by atoms with Gasteiger partial charge < -0.3 is 10.3 Å². The summed E-state index contributed by atoms with van der Waals surface area (Å²) in [5.74, 6) is 0. The molecule has 0 spiro atoms. The first-order valence-corrected chi connectivity index (χ1v) is 4.80. The summed E-state index contributed by atoms with van der Waals surface area (Å²) in [4.78, 5) is 0. The van der Waals surface area contributed by atoms with Crippen LogP contribution in [-0.2, 0) is 6.54 Å². The zero-order valence-electron chi connectivity index (χ0n) is 8.76. The van der Waals surface area contributed by atoms with E-state index in [0.717, 1.165) is 6.54 Å². The molecule has 0 saturated carbocycles. The van der Waals surface area contributed by atoms with Gasteiger partial charge in [-0.25, -0.2) is 0 Å². The van der Waals surface area contributed by atoms with Gasteiger partial charge in [-0.05, 0) is 11.6 Å². The van der Waals surface area contributed by atoms with E-state index in [9.17, 15) is 0 Å². The van der Waals surface area contributed by atoms with Gasteiger partial charge in [-0.1, -0.05) is 30.3 Å². The lowest BCUT2D eigenvalue weighted by atomic mass is 10.2. The normalized spacial score (nSPS) is 9.50. The number of anilines is 1. The van der Waals surface area contributed by atoms with Gasteiger partial charge in [0.1, 0.15) is 0 Å². The predicted molar refractivity (Wildman–Crippen MR) is 70.6 cm³/mol. The molecule has 0 atom stereocenters. The third-order valence-corrected chi connectivity index (χ3v) is 2.26. The number of hydrogen-bond acceptors (Lipinski definition) is 2. The van der Waals surface area contributed by atoms with E-state index in [-0.39, 0.29) is 17.0 Å². The highest BCUT2D eigenvalue weighted by Gasteiger charge is 1.94. The lowest BCUT2D eigenvalue weighted by molar-refractivity contribution is 0.789. The first kappa shape index (κ1) is 12.5. The summed E-state index contributed by atoms with van der Waals surface area (Å²) < 4.78 is 1.97. The molecule has 0 bridgehead atoms. The van der Waals surface area contributed by atoms with Crippen LogP contribution in [0.5, 0.6) is 0 Å². The number of benzene rings is 1. The smallest absolute Gasteiger partial charge is 0.0798 e. The molecule has 3 nitrogen and oxygen atoms in total. The van der Waals surface area contributed by atoms with Crippen molar-refractivity contribution in [2.75, 3.05) is 5.73 Å². The number of pyridine rings is 1. The quantitative estimate of drug-likeness (QED) is 0.870. The first-order chi connectivity index (χ1) is 7.25. The van der Waals surface area contributed by atoms with Crippen molar-refractivity contribution in [3.63, 3.8) is 0 Å². The minimum atomic E-state index is 0. The van der Waals surface area contributed by atoms with Crippen molar-refractivity contribution >= 4 is 22.7 Å². The maximum absolute atomic E-state index is 7.46. The molecule has 1 aromatic carbocycles. The van der Waals surface area contributed by atoms with Crippen LogP contribution in [0.15, 0.2) is 48.8 Å². The highest BCUT2D eigenvalue weighted by Crippen LogP contribution is 2.02. The summed E-state index contributed by atoms with van der Waals surface area (Å²) in [7, 11) is 0. The molecule has 2 aromatic rings. The van der Waals surface area contributed by atoms with Crippen molar-refractivity contribution < 1.29 is 0 Å². The first-order valence-electron chi connectivity index (χ1n) is 4.80. The van der Waals surface area contributed by atoms with E-state index >= 15 is 0 Å². The van der Waals surface area contributed by atoms with Crippen LogP contribution in [0.1, 0.15) is 5.56 Å². The van der Waals surface area contributed by atoms with Crippen molar-refractivity contribution in [3.05, 3.63) is 59.7 Å². The maximum Gasteiger partial charge on any atom is 0.0798 e. The standard InChI is InChI=1S/C12H13N3.BrH/c13-11-6-7-15(9-12(11)14)8-10-4-2-1-3-5-10;/h1-7,9,13H,8,14H2;1H. The largest absolute Gasteiger partial charge is 0.396 e. The second-order valence-corrected chi connectivity index (χ2v) is 3.47. The van der Waals surface area contributed by atoms with Crippen LogP contribution < -0.4 is 11.1 Å². The Labute approximate surface area is 105 Å². The highest BCUT2D eigenvalue weighted by molar-refractivity contribution is 8.93. The van der Waals surface area contributed by atoms with E-state index in [1.165, 1.54) is 5.56 Å². The van der Waals surface area contributed by atoms with Crippen LogP contribution >= 0.6 is 17.0 Å². The number of rotatable bonds is 2. The van der Waals surface area contributed by atoms with E-state index in [4.69, 9.17) is 11.1 Å². The molecule has 0 unspecified atom stereocenters. The fourth-order valence-corrected chi connectivity index (χ4v) is 1.45. The SMILES string of the molecule is Br.N=c1ccn(Cc2ccccc2)cc1N. The zero-order chi connectivity index (χ0) is 10.7. The van der Waals surface area contributed by atoms with Crippen molar-refractivity contribution in [2.24, 2.45) is 0 Å². The van der Waals surface area contributed by atoms with Crippen LogP contribution in [-0.4, -0.2) is 4.57 Å². The fraction of sp³-hybridized carbons (Fsp3) is 0.0833. The molecule has 16 heavy (non-hydrogen) atoms. The molecule has 0 radical (unpaired) electrons. The summed E-state index contributed by atoms with van der Waals surface area (Å²) >= 11 is 0. The van der Waals surface area contributed by atoms with Gasteiger partial charge in [0.25, 0.3) is 0 Å². The van der Waals surface area contributed by atoms with E-state index in [1.54, 1.807) is 12.3 Å². The summed E-state index contributed by atoms with van der Waals surface area (Å²) in [6.45, 7) is 0.783. The van der Waals surface area contributed by atoms with E-state index in [1.807, 2.05) is 29.0 Å². The average molecular weight is 280 g/mol. The molecule has 0 saturated heterocycles. The van der Waals surface area contributed by atoms with Gasteiger partial charge in [-0.3, -0.25) is 5.41 Å². The van der Waals surface area contributed by atoms with Crippen LogP contribution in [0.25, 0.3) is 0 Å². The number of nitrogens with zero attached hydrogens (tertiary/aromatic N) is 1. The third-order valence-electron chi connectivity index (χ3n) is 2.26. The van der Waals surface area contributed by atoms with Gasteiger partial charge in [0, 0.05) is 18.9 Å². The van der Waals surface area contributed by atoms with Gasteiger partial charge in [-0.15, -0.1) is 17.0 Å². The zero-order valence-corrected chi connectivity index (χ0v) is 10.5. The van der Waals surface area contributed by atoms with E-state index in [2.05, 4.69) is 12.1 Å². The van der Waals surface area contributed by atoms with Crippen LogP contribution in [0.4, 0.5) is 5.69 Å². The second-order valence-electron chi connectivity index (χ2n) is 3.47. The lowest BCUT2D eigenvalue weighted by Crippen LogP contribution is -2.11. The Bertz CT molecular complexity index is 505. The summed E-state index contributed by atoms with van der Waals surface area (Å²) in [6.07, 6.45) is 3.65. The van der Waals surface area contributed by atoms with E-state index in [0.29, 0.717) is 11.0 Å². The monoisotopic (exact) mass is 279 g/mol. The minimum Gasteiger partial charge on any atom is -0.396 e. The molecule has 0 aliphatic carbocycles. The predicted octanol–water partition coefficient (Wildman–Crippen LogP) is 2.18. The molecule has 4 heteroatoms. The Hall–Kier alpha value is -1.55. The molecule has 0 aliphatic rings. The summed E-state index contributed by atoms with van der Waals surface area (Å²) in [6, 6.07) is 11.9. The van der Waals surface area contributed by atoms with Crippen LogP contribution in [0, 0.1) is 5.41 Å². The van der Waals surface area contributed by atoms with Crippen LogP contribution in [0.2, 0.25) is 0 Å². The van der Waals surface area contributed by atoms with Crippen molar-refractivity contribution in [2.45, 2.75) is 6.54 Å². The topological polar surface area (TPSA) is 54.8 Å². The van der Waals surface area contributed by atoms with Gasteiger partial charge in [0.05, 0.1) is 11.0 Å². The minimum absolute atomic E-state index is 0. The van der Waals surface area contributed by atoms with Crippen molar-refractivity contribution in [1.29, 1.82) is 5.41 Å². The molecular formula is C12H14BrN3. The second kappa shape index (κ2) is 5.51. The fourth-order valence-electron chi connectivity index (χ4n) is 1.45. The molecule has 0 amide bonds. The average Bonchev–Trinajstić information content (AvgIpc) is 2.25.